The maximum atomic E-state index is 10.6. The molecule has 0 amide bonds. The van der Waals surface area contributed by atoms with Crippen molar-refractivity contribution in [2.24, 2.45) is 0 Å². The molecule has 5 nitrogen and oxygen atoms in total. The van der Waals surface area contributed by atoms with Crippen LogP contribution < -0.4 is 5.32 Å². The molecule has 0 radical (unpaired) electrons. The van der Waals surface area contributed by atoms with Crippen molar-refractivity contribution in [1.29, 1.82) is 0 Å². The predicted molar refractivity (Wildman–Crippen MR) is 57.8 cm³/mol. The van der Waals surface area contributed by atoms with E-state index in [9.17, 15) is 10.1 Å². The first-order chi connectivity index (χ1) is 7.15. The molecule has 0 unspecified atom stereocenters. The molecule has 6 heteroatoms. The van der Waals surface area contributed by atoms with Gasteiger partial charge >= 0.3 is 5.69 Å². The summed E-state index contributed by atoms with van der Waals surface area (Å²) < 4.78 is 0. The Kier molecular flexibility index (Phi) is 3.89. The van der Waals surface area contributed by atoms with Crippen LogP contribution in [0.3, 0.4) is 0 Å². The zero-order valence-electron chi connectivity index (χ0n) is 7.74. The van der Waals surface area contributed by atoms with Gasteiger partial charge in [-0.05, 0) is 0 Å². The van der Waals surface area contributed by atoms with Crippen molar-refractivity contribution in [1.82, 2.24) is 4.98 Å². The zero-order valence-corrected chi connectivity index (χ0v) is 8.49. The van der Waals surface area contributed by atoms with Crippen LogP contribution in [0.2, 0.25) is 5.02 Å². The van der Waals surface area contributed by atoms with Crippen molar-refractivity contribution in [2.75, 3.05) is 11.9 Å². The number of terminal acetylenes is 1. The fourth-order valence-corrected chi connectivity index (χ4v) is 1.11. The van der Waals surface area contributed by atoms with Gasteiger partial charge in [0.1, 0.15) is 0 Å². The molecule has 0 aliphatic carbocycles. The molecule has 1 aromatic heterocycles. The van der Waals surface area contributed by atoms with Crippen molar-refractivity contribution in [3.05, 3.63) is 27.4 Å². The van der Waals surface area contributed by atoms with Crippen molar-refractivity contribution in [2.45, 2.75) is 6.42 Å². The van der Waals surface area contributed by atoms with Gasteiger partial charge in [-0.15, -0.1) is 12.3 Å². The number of nitrogens with zero attached hydrogens (tertiary/aromatic N) is 2. The van der Waals surface area contributed by atoms with Gasteiger partial charge in [0.2, 0.25) is 5.82 Å². The molecule has 0 saturated carbocycles. The quantitative estimate of drug-likeness (QED) is 0.369. The lowest BCUT2D eigenvalue weighted by Crippen LogP contribution is -2.05. The van der Waals surface area contributed by atoms with Gasteiger partial charge in [-0.3, -0.25) is 10.1 Å². The Morgan fingerprint density at radius 2 is 2.47 bits per heavy atom. The molecule has 0 aliphatic heterocycles. The number of nitrogens with one attached hydrogen (secondary N) is 1. The highest BCUT2D eigenvalue weighted by Crippen LogP contribution is 2.24. The summed E-state index contributed by atoms with van der Waals surface area (Å²) in [6, 6.07) is 1.24. The van der Waals surface area contributed by atoms with E-state index in [-0.39, 0.29) is 16.5 Å². The van der Waals surface area contributed by atoms with Crippen molar-refractivity contribution >= 4 is 23.1 Å². The molecule has 0 fully saturated rings. The number of hydrogen-bond donors (Lipinski definition) is 1. The van der Waals surface area contributed by atoms with E-state index in [1.165, 1.54) is 12.3 Å². The average molecular weight is 226 g/mol. The third-order valence-electron chi connectivity index (χ3n) is 1.59. The topological polar surface area (TPSA) is 68.1 Å². The molecule has 0 atom stereocenters. The molecule has 0 saturated heterocycles. The van der Waals surface area contributed by atoms with E-state index in [0.717, 1.165) is 0 Å². The van der Waals surface area contributed by atoms with Gasteiger partial charge in [-0.25, -0.2) is 4.98 Å². The van der Waals surface area contributed by atoms with Crippen LogP contribution in [0.25, 0.3) is 0 Å². The Hall–Kier alpha value is -1.80. The van der Waals surface area contributed by atoms with Gasteiger partial charge in [-0.2, -0.15) is 0 Å². The number of hydrogen-bond acceptors (Lipinski definition) is 4. The SMILES string of the molecule is C#CCCNc1ncc(Cl)cc1[N+](=O)[O-]. The zero-order chi connectivity index (χ0) is 11.3. The van der Waals surface area contributed by atoms with Crippen LogP contribution >= 0.6 is 11.6 Å². The highest BCUT2D eigenvalue weighted by Gasteiger charge is 2.14. The number of rotatable bonds is 4. The summed E-state index contributed by atoms with van der Waals surface area (Å²) in [5, 5.41) is 13.6. The summed E-state index contributed by atoms with van der Waals surface area (Å²) >= 11 is 5.60. The first-order valence-electron chi connectivity index (χ1n) is 4.12. The molecule has 1 aromatic rings. The Morgan fingerprint density at radius 3 is 3.07 bits per heavy atom. The Labute approximate surface area is 91.6 Å². The lowest BCUT2D eigenvalue weighted by molar-refractivity contribution is -0.384. The minimum Gasteiger partial charge on any atom is -0.363 e. The Balaban J connectivity index is 2.87. The minimum atomic E-state index is -0.545. The molecule has 0 aromatic carbocycles. The molecule has 1 heterocycles. The fourth-order valence-electron chi connectivity index (χ4n) is 0.957. The molecule has 15 heavy (non-hydrogen) atoms. The second kappa shape index (κ2) is 5.17. The third kappa shape index (κ3) is 3.11. The first-order valence-corrected chi connectivity index (χ1v) is 4.50. The summed E-state index contributed by atoms with van der Waals surface area (Å²) in [6.07, 6.45) is 6.86. The van der Waals surface area contributed by atoms with Crippen LogP contribution in [0, 0.1) is 22.5 Å². The summed E-state index contributed by atoms with van der Waals surface area (Å²) in [6.45, 7) is 0.436. The molecule has 0 bridgehead atoms. The summed E-state index contributed by atoms with van der Waals surface area (Å²) in [5.41, 5.74) is -0.153. The number of halogens is 1. The minimum absolute atomic E-state index is 0.153. The van der Waals surface area contributed by atoms with Crippen LogP contribution in [0.4, 0.5) is 11.5 Å². The Morgan fingerprint density at radius 1 is 1.73 bits per heavy atom. The van der Waals surface area contributed by atoms with E-state index in [1.54, 1.807) is 0 Å². The standard InChI is InChI=1S/C9H8ClN3O2/c1-2-3-4-11-9-8(13(14)15)5-7(10)6-12-9/h1,5-6H,3-4H2,(H,11,12). The van der Waals surface area contributed by atoms with Crippen LogP contribution in [-0.2, 0) is 0 Å². The van der Waals surface area contributed by atoms with Crippen LogP contribution in [0.15, 0.2) is 12.3 Å². The van der Waals surface area contributed by atoms with E-state index in [4.69, 9.17) is 18.0 Å². The number of aromatic nitrogens is 1. The second-order valence-corrected chi connectivity index (χ2v) is 3.10. The maximum absolute atomic E-state index is 10.6. The number of nitro groups is 1. The van der Waals surface area contributed by atoms with E-state index < -0.39 is 4.92 Å². The molecule has 1 N–H and O–H groups in total. The smallest absolute Gasteiger partial charge is 0.312 e. The largest absolute Gasteiger partial charge is 0.363 e. The van der Waals surface area contributed by atoms with E-state index in [0.29, 0.717) is 13.0 Å². The van der Waals surface area contributed by atoms with Gasteiger partial charge in [0.15, 0.2) is 0 Å². The average Bonchev–Trinajstić information content (AvgIpc) is 2.20. The highest BCUT2D eigenvalue weighted by atomic mass is 35.5. The van der Waals surface area contributed by atoms with Gasteiger partial charge in [-0.1, -0.05) is 11.6 Å². The number of pyridine rings is 1. The maximum Gasteiger partial charge on any atom is 0.312 e. The summed E-state index contributed by atoms with van der Waals surface area (Å²) in [7, 11) is 0. The van der Waals surface area contributed by atoms with E-state index in [1.807, 2.05) is 0 Å². The van der Waals surface area contributed by atoms with Crippen LogP contribution in [-0.4, -0.2) is 16.5 Å². The monoisotopic (exact) mass is 225 g/mol. The lowest BCUT2D eigenvalue weighted by atomic mass is 10.3. The molecule has 0 spiro atoms. The van der Waals surface area contributed by atoms with E-state index in [2.05, 4.69) is 16.2 Å². The first kappa shape index (κ1) is 11.3. The van der Waals surface area contributed by atoms with Gasteiger partial charge in [0.05, 0.1) is 9.95 Å². The normalized spacial score (nSPS) is 9.33. The van der Waals surface area contributed by atoms with E-state index >= 15 is 0 Å². The molecular weight excluding hydrogens is 218 g/mol. The number of anilines is 1. The predicted octanol–water partition coefficient (Wildman–Crippen LogP) is 2.08. The highest BCUT2D eigenvalue weighted by molar-refractivity contribution is 6.30. The summed E-state index contributed by atoms with van der Waals surface area (Å²) in [5.74, 6) is 2.59. The van der Waals surface area contributed by atoms with Crippen molar-refractivity contribution in [3.63, 3.8) is 0 Å². The van der Waals surface area contributed by atoms with Crippen molar-refractivity contribution in [3.8, 4) is 12.3 Å². The van der Waals surface area contributed by atoms with Gasteiger partial charge < -0.3 is 5.32 Å². The third-order valence-corrected chi connectivity index (χ3v) is 1.80. The van der Waals surface area contributed by atoms with Crippen LogP contribution in [0.1, 0.15) is 6.42 Å². The fraction of sp³-hybridized carbons (Fsp3) is 0.222. The molecule has 0 aliphatic rings. The molecule has 78 valence electrons. The van der Waals surface area contributed by atoms with Crippen LogP contribution in [0.5, 0.6) is 0 Å². The van der Waals surface area contributed by atoms with Crippen molar-refractivity contribution < 1.29 is 4.92 Å². The van der Waals surface area contributed by atoms with Gasteiger partial charge in [0.25, 0.3) is 0 Å². The van der Waals surface area contributed by atoms with Gasteiger partial charge in [0, 0.05) is 25.2 Å². The molecular formula is C9H8ClN3O2. The Bertz CT molecular complexity index is 414. The lowest BCUT2D eigenvalue weighted by Gasteiger charge is -2.03. The second-order valence-electron chi connectivity index (χ2n) is 2.66. The summed E-state index contributed by atoms with van der Waals surface area (Å²) in [4.78, 5) is 13.9. The molecule has 1 rings (SSSR count).